The van der Waals surface area contributed by atoms with Crippen LogP contribution in [0.1, 0.15) is 17.5 Å². The molecule has 24 heavy (non-hydrogen) atoms. The molecule has 0 spiro atoms. The van der Waals surface area contributed by atoms with Gasteiger partial charge in [0.25, 0.3) is 0 Å². The average Bonchev–Trinajstić information content (AvgIpc) is 2.58. The van der Waals surface area contributed by atoms with Gasteiger partial charge in [0.15, 0.2) is 0 Å². The molecule has 1 aromatic rings. The number of benzene rings is 1. The number of ether oxygens (including phenoxy) is 2. The Balaban J connectivity index is 2.42. The Morgan fingerprint density at radius 3 is 2.71 bits per heavy atom. The van der Waals surface area contributed by atoms with Crippen LogP contribution in [0.4, 0.5) is 0 Å². The molecule has 1 saturated heterocycles. The summed E-state index contributed by atoms with van der Waals surface area (Å²) >= 11 is 0. The zero-order chi connectivity index (χ0) is 17.9. The molecule has 8 heteroatoms. The van der Waals surface area contributed by atoms with Crippen LogP contribution in [-0.2, 0) is 21.6 Å². The molecule has 1 aliphatic heterocycles. The third-order valence-corrected chi connectivity index (χ3v) is 4.28. The van der Waals surface area contributed by atoms with Crippen molar-refractivity contribution >= 4 is 5.97 Å². The molecule has 0 amide bonds. The summed E-state index contributed by atoms with van der Waals surface area (Å²) in [6.45, 7) is -0.859. The summed E-state index contributed by atoms with van der Waals surface area (Å²) in [6, 6.07) is 4.70. The van der Waals surface area contributed by atoms with E-state index in [1.807, 2.05) is 0 Å². The molecule has 1 heterocycles. The molecule has 0 aromatic heterocycles. The van der Waals surface area contributed by atoms with Gasteiger partial charge in [0.2, 0.25) is 0 Å². The summed E-state index contributed by atoms with van der Waals surface area (Å²) in [4.78, 5) is 10.8. The number of carboxylic acids is 1. The first-order valence-corrected chi connectivity index (χ1v) is 7.53. The van der Waals surface area contributed by atoms with Gasteiger partial charge < -0.3 is 35.0 Å². The Labute approximate surface area is 138 Å². The third kappa shape index (κ3) is 3.52. The normalized spacial score (nSPS) is 30.1. The number of hydrogen-bond donors (Lipinski definition) is 5. The van der Waals surface area contributed by atoms with Crippen LogP contribution < -0.4 is 4.74 Å². The minimum absolute atomic E-state index is 0.128. The molecule has 1 aromatic carbocycles. The van der Waals surface area contributed by atoms with Crippen molar-refractivity contribution < 1.29 is 39.8 Å². The number of rotatable bonds is 6. The highest BCUT2D eigenvalue weighted by atomic mass is 16.5. The highest BCUT2D eigenvalue weighted by molar-refractivity contribution is 5.67. The highest BCUT2D eigenvalue weighted by Gasteiger charge is 2.50. The van der Waals surface area contributed by atoms with E-state index < -0.39 is 36.5 Å². The van der Waals surface area contributed by atoms with E-state index in [0.29, 0.717) is 11.3 Å². The fourth-order valence-electron chi connectivity index (χ4n) is 2.85. The van der Waals surface area contributed by atoms with Crippen LogP contribution in [-0.4, -0.2) is 70.1 Å². The monoisotopic (exact) mass is 342 g/mol. The topological polar surface area (TPSA) is 137 Å². The number of carbonyl (C=O) groups is 1. The Morgan fingerprint density at radius 1 is 1.42 bits per heavy atom. The number of hydrogen-bond acceptors (Lipinski definition) is 7. The summed E-state index contributed by atoms with van der Waals surface area (Å²) in [5.41, 5.74) is -1.22. The fraction of sp³-hybridized carbons (Fsp3) is 0.562. The molecule has 1 fully saturated rings. The molecular weight excluding hydrogens is 320 g/mol. The first-order chi connectivity index (χ1) is 11.3. The maximum absolute atomic E-state index is 10.9. The SMILES string of the molecule is COc1ccc(CCC(=O)O)c([C@@]2(O)CO[C@H](CO)[C@@H](O)[C@@H]2O)c1. The van der Waals surface area contributed by atoms with Crippen LogP contribution in [0.15, 0.2) is 18.2 Å². The van der Waals surface area contributed by atoms with Gasteiger partial charge in [-0.15, -0.1) is 0 Å². The number of carboxylic acid groups (broad SMARTS) is 1. The van der Waals surface area contributed by atoms with Crippen molar-refractivity contribution in [2.75, 3.05) is 20.3 Å². The van der Waals surface area contributed by atoms with Crippen LogP contribution in [0, 0.1) is 0 Å². The van der Waals surface area contributed by atoms with Gasteiger partial charge in [-0.3, -0.25) is 4.79 Å². The summed E-state index contributed by atoms with van der Waals surface area (Å²) in [5, 5.41) is 49.4. The van der Waals surface area contributed by atoms with E-state index in [2.05, 4.69) is 0 Å². The summed E-state index contributed by atoms with van der Waals surface area (Å²) in [7, 11) is 1.44. The van der Waals surface area contributed by atoms with E-state index in [0.717, 1.165) is 0 Å². The van der Waals surface area contributed by atoms with Crippen molar-refractivity contribution in [2.45, 2.75) is 36.8 Å². The molecule has 0 radical (unpaired) electrons. The Kier molecular flexibility index (Phi) is 5.79. The number of methoxy groups -OCH3 is 1. The molecule has 5 N–H and O–H groups in total. The van der Waals surface area contributed by atoms with Crippen molar-refractivity contribution in [2.24, 2.45) is 0 Å². The number of aryl methyl sites for hydroxylation is 1. The molecule has 1 aliphatic rings. The van der Waals surface area contributed by atoms with Crippen LogP contribution in [0.25, 0.3) is 0 Å². The van der Waals surface area contributed by atoms with Gasteiger partial charge in [0.05, 0.1) is 20.3 Å². The zero-order valence-electron chi connectivity index (χ0n) is 13.3. The lowest BCUT2D eigenvalue weighted by molar-refractivity contribution is -0.245. The van der Waals surface area contributed by atoms with Crippen LogP contribution >= 0.6 is 0 Å². The molecule has 0 unspecified atom stereocenters. The Bertz CT molecular complexity index is 589. The minimum atomic E-state index is -1.95. The van der Waals surface area contributed by atoms with Gasteiger partial charge in [-0.05, 0) is 29.7 Å². The smallest absolute Gasteiger partial charge is 0.303 e. The van der Waals surface area contributed by atoms with E-state index in [-0.39, 0.29) is 25.0 Å². The highest BCUT2D eigenvalue weighted by Crippen LogP contribution is 2.37. The lowest BCUT2D eigenvalue weighted by atomic mass is 9.79. The van der Waals surface area contributed by atoms with E-state index >= 15 is 0 Å². The summed E-state index contributed by atoms with van der Waals surface area (Å²) in [6.07, 6.45) is -4.14. The molecular formula is C16H22O8. The molecule has 0 bridgehead atoms. The maximum Gasteiger partial charge on any atom is 0.303 e. The minimum Gasteiger partial charge on any atom is -0.497 e. The van der Waals surface area contributed by atoms with Gasteiger partial charge in [0.1, 0.15) is 29.7 Å². The molecule has 0 saturated carbocycles. The van der Waals surface area contributed by atoms with E-state index in [1.165, 1.54) is 13.2 Å². The predicted molar refractivity (Wildman–Crippen MR) is 81.7 cm³/mol. The molecule has 0 aliphatic carbocycles. The number of aliphatic hydroxyl groups excluding tert-OH is 3. The van der Waals surface area contributed by atoms with Crippen molar-refractivity contribution in [3.8, 4) is 5.75 Å². The van der Waals surface area contributed by atoms with Crippen molar-refractivity contribution in [3.63, 3.8) is 0 Å². The lowest BCUT2D eigenvalue weighted by Gasteiger charge is -2.44. The second-order valence-electron chi connectivity index (χ2n) is 5.81. The molecule has 2 rings (SSSR count). The van der Waals surface area contributed by atoms with Gasteiger partial charge in [-0.25, -0.2) is 0 Å². The van der Waals surface area contributed by atoms with Crippen LogP contribution in [0.2, 0.25) is 0 Å². The second kappa shape index (κ2) is 7.45. The standard InChI is InChI=1S/C16H22O8/c1-23-10-4-2-9(3-5-13(18)19)11(6-10)16(22)8-24-12(7-17)14(20)15(16)21/h2,4,6,12,14-15,17,20-22H,3,5,7-8H2,1H3,(H,18,19)/t12-,14-,15+,16+/m1/s1. The summed E-state index contributed by atoms with van der Waals surface area (Å²) < 4.78 is 10.4. The van der Waals surface area contributed by atoms with Gasteiger partial charge >= 0.3 is 5.97 Å². The van der Waals surface area contributed by atoms with Crippen molar-refractivity contribution in [3.05, 3.63) is 29.3 Å². The van der Waals surface area contributed by atoms with Gasteiger partial charge in [-0.1, -0.05) is 6.07 Å². The third-order valence-electron chi connectivity index (χ3n) is 4.28. The molecule has 8 nitrogen and oxygen atoms in total. The first kappa shape index (κ1) is 18.6. The number of aliphatic carboxylic acids is 1. The summed E-state index contributed by atoms with van der Waals surface area (Å²) in [5.74, 6) is -0.590. The molecule has 4 atom stereocenters. The van der Waals surface area contributed by atoms with E-state index in [9.17, 15) is 20.1 Å². The van der Waals surface area contributed by atoms with Crippen molar-refractivity contribution in [1.82, 2.24) is 0 Å². The second-order valence-corrected chi connectivity index (χ2v) is 5.81. The largest absolute Gasteiger partial charge is 0.497 e. The lowest BCUT2D eigenvalue weighted by Crippen LogP contribution is -2.60. The Morgan fingerprint density at radius 2 is 2.12 bits per heavy atom. The molecule has 134 valence electrons. The fourth-order valence-corrected chi connectivity index (χ4v) is 2.85. The van der Waals surface area contributed by atoms with Gasteiger partial charge in [-0.2, -0.15) is 0 Å². The maximum atomic E-state index is 10.9. The van der Waals surface area contributed by atoms with Gasteiger partial charge in [0, 0.05) is 6.42 Å². The van der Waals surface area contributed by atoms with Crippen molar-refractivity contribution in [1.29, 1.82) is 0 Å². The predicted octanol–water partition coefficient (Wildman–Crippen LogP) is -0.987. The van der Waals surface area contributed by atoms with Crippen LogP contribution in [0.3, 0.4) is 0 Å². The van der Waals surface area contributed by atoms with E-state index in [1.54, 1.807) is 12.1 Å². The zero-order valence-corrected chi connectivity index (χ0v) is 13.3. The van der Waals surface area contributed by atoms with Crippen LogP contribution in [0.5, 0.6) is 5.75 Å². The Hall–Kier alpha value is -1.71. The number of aliphatic hydroxyl groups is 4. The first-order valence-electron chi connectivity index (χ1n) is 7.53. The van der Waals surface area contributed by atoms with E-state index in [4.69, 9.17) is 19.7 Å². The quantitative estimate of drug-likeness (QED) is 0.445. The average molecular weight is 342 g/mol.